The highest BCUT2D eigenvalue weighted by Gasteiger charge is 2.12. The minimum atomic E-state index is -0.369. The monoisotopic (exact) mass is 394 g/mol. The number of aromatic nitrogens is 2. The maximum Gasteiger partial charge on any atom is 0.274 e. The molecule has 0 radical (unpaired) electrons. The summed E-state index contributed by atoms with van der Waals surface area (Å²) in [5.74, 6) is -0.0979. The van der Waals surface area contributed by atoms with Crippen molar-refractivity contribution < 1.29 is 9.59 Å². The number of halogens is 1. The molecule has 3 aromatic rings. The lowest BCUT2D eigenvalue weighted by molar-refractivity contribution is 0.101. The van der Waals surface area contributed by atoms with Crippen LogP contribution in [-0.4, -0.2) is 21.7 Å². The number of benzene rings is 2. The van der Waals surface area contributed by atoms with Crippen molar-refractivity contribution >= 4 is 40.6 Å². The Morgan fingerprint density at radius 3 is 2.25 bits per heavy atom. The number of aryl methyl sites for hydroxylation is 2. The number of nitrogens with zero attached hydrogens (tertiary/aromatic N) is 2. The Kier molecular flexibility index (Phi) is 5.70. The Balaban J connectivity index is 1.78. The fraction of sp³-hybridized carbons (Fsp3) is 0.143. The summed E-state index contributed by atoms with van der Waals surface area (Å²) in [4.78, 5) is 32.5. The molecule has 0 aliphatic carbocycles. The quantitative estimate of drug-likeness (QED) is 0.598. The fourth-order valence-electron chi connectivity index (χ4n) is 2.52. The van der Waals surface area contributed by atoms with Crippen molar-refractivity contribution in [3.63, 3.8) is 0 Å². The van der Waals surface area contributed by atoms with Crippen LogP contribution < -0.4 is 10.6 Å². The molecule has 1 aromatic heterocycles. The lowest BCUT2D eigenvalue weighted by Crippen LogP contribution is -2.15. The highest BCUT2D eigenvalue weighted by atomic mass is 35.5. The van der Waals surface area contributed by atoms with Crippen LogP contribution in [0.3, 0.4) is 0 Å². The molecule has 142 valence electrons. The van der Waals surface area contributed by atoms with Crippen LogP contribution in [0.2, 0.25) is 5.02 Å². The Labute approximate surface area is 168 Å². The van der Waals surface area contributed by atoms with E-state index in [1.54, 1.807) is 43.3 Å². The molecule has 2 N–H and O–H groups in total. The smallest absolute Gasteiger partial charge is 0.274 e. The number of ketones is 1. The third-order valence-electron chi connectivity index (χ3n) is 4.06. The molecule has 7 heteroatoms. The van der Waals surface area contributed by atoms with Gasteiger partial charge in [-0.3, -0.25) is 9.59 Å². The van der Waals surface area contributed by atoms with Crippen molar-refractivity contribution in [2.24, 2.45) is 0 Å². The number of hydrogen-bond donors (Lipinski definition) is 2. The Bertz CT molecular complexity index is 1050. The molecule has 6 nitrogen and oxygen atoms in total. The Morgan fingerprint density at radius 1 is 0.929 bits per heavy atom. The van der Waals surface area contributed by atoms with E-state index >= 15 is 0 Å². The Hall–Kier alpha value is -3.25. The van der Waals surface area contributed by atoms with Crippen LogP contribution >= 0.6 is 11.6 Å². The lowest BCUT2D eigenvalue weighted by Gasteiger charge is -2.10. The van der Waals surface area contributed by atoms with Gasteiger partial charge in [-0.05, 0) is 68.8 Å². The van der Waals surface area contributed by atoms with Gasteiger partial charge in [-0.2, -0.15) is 0 Å². The second-order valence-corrected chi connectivity index (χ2v) is 6.80. The van der Waals surface area contributed by atoms with E-state index in [0.717, 1.165) is 11.3 Å². The minimum absolute atomic E-state index is 0.0313. The molecule has 1 amide bonds. The standard InChI is InChI=1S/C21H19ClN4O2/c1-12-4-7-17(11-18(12)22)25-21-23-13(2)10-19(26-21)20(28)24-16-8-5-15(6-9-16)14(3)27/h4-11H,1-3H3,(H,24,28)(H,23,25,26). The molecule has 3 rings (SSSR count). The first-order valence-electron chi connectivity index (χ1n) is 8.63. The number of amides is 1. The molecule has 0 saturated carbocycles. The largest absolute Gasteiger partial charge is 0.324 e. The van der Waals surface area contributed by atoms with Crippen molar-refractivity contribution in [1.82, 2.24) is 9.97 Å². The molecular weight excluding hydrogens is 376 g/mol. The van der Waals surface area contributed by atoms with Crippen LogP contribution in [-0.2, 0) is 0 Å². The van der Waals surface area contributed by atoms with Crippen LogP contribution in [0.1, 0.15) is 39.0 Å². The molecule has 0 aliphatic heterocycles. The summed E-state index contributed by atoms with van der Waals surface area (Å²) in [7, 11) is 0. The topological polar surface area (TPSA) is 84.0 Å². The van der Waals surface area contributed by atoms with Gasteiger partial charge in [0, 0.05) is 27.7 Å². The third kappa shape index (κ3) is 4.72. The number of anilines is 3. The third-order valence-corrected chi connectivity index (χ3v) is 4.47. The average Bonchev–Trinajstić information content (AvgIpc) is 2.64. The van der Waals surface area contributed by atoms with E-state index in [0.29, 0.717) is 27.9 Å². The summed E-state index contributed by atoms with van der Waals surface area (Å²) < 4.78 is 0. The lowest BCUT2D eigenvalue weighted by atomic mass is 10.1. The van der Waals surface area contributed by atoms with Crippen LogP contribution in [0.15, 0.2) is 48.5 Å². The first kappa shape index (κ1) is 19.5. The number of hydrogen-bond acceptors (Lipinski definition) is 5. The number of nitrogens with one attached hydrogen (secondary N) is 2. The number of carbonyl (C=O) groups is 2. The molecule has 1 heterocycles. The fourth-order valence-corrected chi connectivity index (χ4v) is 2.70. The van der Waals surface area contributed by atoms with Crippen molar-refractivity contribution in [2.75, 3.05) is 10.6 Å². The molecular formula is C21H19ClN4O2. The summed E-state index contributed by atoms with van der Waals surface area (Å²) in [6.07, 6.45) is 0. The van der Waals surface area contributed by atoms with Gasteiger partial charge < -0.3 is 10.6 Å². The van der Waals surface area contributed by atoms with Gasteiger partial charge in [-0.25, -0.2) is 9.97 Å². The van der Waals surface area contributed by atoms with E-state index < -0.39 is 0 Å². The molecule has 28 heavy (non-hydrogen) atoms. The first-order chi connectivity index (χ1) is 13.3. The maximum absolute atomic E-state index is 12.6. The van der Waals surface area contributed by atoms with E-state index in [2.05, 4.69) is 20.6 Å². The Morgan fingerprint density at radius 2 is 1.61 bits per heavy atom. The van der Waals surface area contributed by atoms with E-state index in [1.807, 2.05) is 19.1 Å². The SMILES string of the molecule is CC(=O)c1ccc(NC(=O)c2cc(C)nc(Nc3ccc(C)c(Cl)c3)n2)cc1. The van der Waals surface area contributed by atoms with Crippen LogP contribution in [0.25, 0.3) is 0 Å². The van der Waals surface area contributed by atoms with Crippen molar-refractivity contribution in [1.29, 1.82) is 0 Å². The van der Waals surface area contributed by atoms with Gasteiger partial charge >= 0.3 is 0 Å². The molecule has 0 unspecified atom stereocenters. The minimum Gasteiger partial charge on any atom is -0.324 e. The van der Waals surface area contributed by atoms with Crippen molar-refractivity contribution in [2.45, 2.75) is 20.8 Å². The average molecular weight is 395 g/mol. The zero-order chi connectivity index (χ0) is 20.3. The molecule has 0 saturated heterocycles. The molecule has 0 fully saturated rings. The summed E-state index contributed by atoms with van der Waals surface area (Å²) in [5, 5.41) is 6.47. The molecule has 2 aromatic carbocycles. The van der Waals surface area contributed by atoms with Gasteiger partial charge in [0.15, 0.2) is 5.78 Å². The van der Waals surface area contributed by atoms with Gasteiger partial charge in [0.05, 0.1) is 0 Å². The highest BCUT2D eigenvalue weighted by molar-refractivity contribution is 6.31. The van der Waals surface area contributed by atoms with E-state index in [4.69, 9.17) is 11.6 Å². The predicted octanol–water partition coefficient (Wildman–Crippen LogP) is 4.95. The summed E-state index contributed by atoms with van der Waals surface area (Å²) in [6, 6.07) is 13.8. The summed E-state index contributed by atoms with van der Waals surface area (Å²) in [6.45, 7) is 5.20. The maximum atomic E-state index is 12.6. The zero-order valence-electron chi connectivity index (χ0n) is 15.7. The second-order valence-electron chi connectivity index (χ2n) is 6.39. The van der Waals surface area contributed by atoms with Gasteiger partial charge in [-0.15, -0.1) is 0 Å². The van der Waals surface area contributed by atoms with Crippen molar-refractivity contribution in [3.8, 4) is 0 Å². The van der Waals surface area contributed by atoms with Gasteiger partial charge in [-0.1, -0.05) is 17.7 Å². The number of Topliss-reactive ketones (excluding diaryl/α,β-unsaturated/α-hetero) is 1. The van der Waals surface area contributed by atoms with E-state index in [-0.39, 0.29) is 17.4 Å². The molecule has 0 atom stereocenters. The predicted molar refractivity (Wildman–Crippen MR) is 111 cm³/mol. The van der Waals surface area contributed by atoms with E-state index in [9.17, 15) is 9.59 Å². The summed E-state index contributed by atoms with van der Waals surface area (Å²) >= 11 is 6.15. The second kappa shape index (κ2) is 8.19. The molecule has 0 bridgehead atoms. The van der Waals surface area contributed by atoms with Crippen molar-refractivity contribution in [3.05, 3.63) is 76.1 Å². The van der Waals surface area contributed by atoms with Crippen LogP contribution in [0.5, 0.6) is 0 Å². The van der Waals surface area contributed by atoms with Gasteiger partial charge in [0.1, 0.15) is 5.69 Å². The molecule has 0 aliphatic rings. The zero-order valence-corrected chi connectivity index (χ0v) is 16.5. The normalized spacial score (nSPS) is 10.4. The number of carbonyl (C=O) groups excluding carboxylic acids is 2. The summed E-state index contributed by atoms with van der Waals surface area (Å²) in [5.41, 5.74) is 3.72. The van der Waals surface area contributed by atoms with Crippen LogP contribution in [0.4, 0.5) is 17.3 Å². The highest BCUT2D eigenvalue weighted by Crippen LogP contribution is 2.22. The number of rotatable bonds is 5. The van der Waals surface area contributed by atoms with E-state index in [1.165, 1.54) is 6.92 Å². The first-order valence-corrected chi connectivity index (χ1v) is 9.01. The van der Waals surface area contributed by atoms with Gasteiger partial charge in [0.25, 0.3) is 5.91 Å². The molecule has 0 spiro atoms. The van der Waals surface area contributed by atoms with Crippen LogP contribution in [0, 0.1) is 13.8 Å². The van der Waals surface area contributed by atoms with Gasteiger partial charge in [0.2, 0.25) is 5.95 Å².